The van der Waals surface area contributed by atoms with E-state index in [-0.39, 0.29) is 41.1 Å². The van der Waals surface area contributed by atoms with Gasteiger partial charge in [-0.25, -0.2) is 0 Å². The summed E-state index contributed by atoms with van der Waals surface area (Å²) in [6.45, 7) is 4.29. The first-order chi connectivity index (χ1) is 15.7. The van der Waals surface area contributed by atoms with E-state index < -0.39 is 20.8 Å². The molecule has 0 aliphatic carbocycles. The van der Waals surface area contributed by atoms with Gasteiger partial charge in [-0.3, -0.25) is 0 Å². The summed E-state index contributed by atoms with van der Waals surface area (Å²) in [4.78, 5) is 0. The molecule has 7 nitrogen and oxygen atoms in total. The fourth-order valence-corrected chi connectivity index (χ4v) is 5.03. The van der Waals surface area contributed by atoms with Crippen LogP contribution in [0, 0.1) is 0 Å². The normalized spacial score (nSPS) is 11.6. The third kappa shape index (κ3) is 12.6. The molecule has 0 unspecified atom stereocenters. The van der Waals surface area contributed by atoms with Crippen molar-refractivity contribution < 1.29 is 28.8 Å². The van der Waals surface area contributed by atoms with Gasteiger partial charge >= 0.3 is 50.4 Å². The molecule has 0 aliphatic heterocycles. The predicted octanol–water partition coefficient (Wildman–Crippen LogP) is 5.25. The van der Waals surface area contributed by atoms with Crippen molar-refractivity contribution in [2.45, 2.75) is 78.1 Å². The van der Waals surface area contributed by atoms with Gasteiger partial charge < -0.3 is 8.37 Å². The number of rotatable bonds is 16. The van der Waals surface area contributed by atoms with Crippen LogP contribution in [0.1, 0.15) is 76.3 Å². The molecule has 2 aromatic carbocycles. The first-order valence-electron chi connectivity index (χ1n) is 11.5. The number of benzene rings is 2. The van der Waals surface area contributed by atoms with Gasteiger partial charge in [0.1, 0.15) is 11.5 Å². The molecular formula is C24H35NaO7S2. The Labute approximate surface area is 227 Å². The molecule has 0 bridgehead atoms. The van der Waals surface area contributed by atoms with Crippen LogP contribution in [-0.2, 0) is 37.3 Å². The van der Waals surface area contributed by atoms with Crippen LogP contribution in [0.2, 0.25) is 0 Å². The van der Waals surface area contributed by atoms with Gasteiger partial charge in [0.2, 0.25) is 0 Å². The second-order valence-electron chi connectivity index (χ2n) is 7.96. The van der Waals surface area contributed by atoms with Crippen molar-refractivity contribution in [3.05, 3.63) is 59.7 Å². The maximum absolute atomic E-state index is 12.1. The summed E-state index contributed by atoms with van der Waals surface area (Å²) in [5.41, 5.74) is 2.09. The molecule has 0 atom stereocenters. The predicted molar refractivity (Wildman–Crippen MR) is 136 cm³/mol. The fraction of sp³-hybridized carbons (Fsp3) is 0.500. The van der Waals surface area contributed by atoms with E-state index in [1.807, 2.05) is 0 Å². The van der Waals surface area contributed by atoms with E-state index in [4.69, 9.17) is 8.37 Å². The van der Waals surface area contributed by atoms with Crippen molar-refractivity contribution >= 4 is 50.4 Å². The van der Waals surface area contributed by atoms with Crippen molar-refractivity contribution in [1.82, 2.24) is 0 Å². The van der Waals surface area contributed by atoms with Crippen molar-refractivity contribution in [3.8, 4) is 11.5 Å². The second-order valence-corrected chi connectivity index (χ2v) is 10.5. The Hall–Kier alpha value is -1.10. The Morgan fingerprint density at radius 2 is 0.912 bits per heavy atom. The van der Waals surface area contributed by atoms with Gasteiger partial charge in [-0.2, -0.15) is 16.8 Å². The molecular weight excluding hydrogens is 487 g/mol. The van der Waals surface area contributed by atoms with Crippen LogP contribution in [0.4, 0.5) is 0 Å². The maximum atomic E-state index is 12.1. The third-order valence-electron chi connectivity index (χ3n) is 5.05. The molecule has 186 valence electrons. The molecule has 0 saturated carbocycles. The first kappa shape index (κ1) is 30.9. The summed E-state index contributed by atoms with van der Waals surface area (Å²) in [5, 5.41) is 0. The molecule has 0 spiro atoms. The third-order valence-corrected chi connectivity index (χ3v) is 7.17. The fourth-order valence-electron chi connectivity index (χ4n) is 3.30. The topological polar surface area (TPSA) is 96.0 Å². The standard InChI is InChI=1S/C24H34O7S2.Na.H/c1-3-5-7-9-11-21-13-17-23(18-14-21)29-32(25,26)31-33(27,28)30-24-19-15-22(16-20-24)12-10-8-6-4-2;;/h13-20H,3-12H2,1-2H3;;. The molecule has 0 radical (unpaired) electrons. The Bertz CT molecular complexity index is 950. The quantitative estimate of drug-likeness (QED) is 0.219. The van der Waals surface area contributed by atoms with Crippen molar-refractivity contribution in [3.63, 3.8) is 0 Å². The minimum atomic E-state index is -4.89. The van der Waals surface area contributed by atoms with E-state index in [1.165, 1.54) is 37.1 Å². The van der Waals surface area contributed by atoms with Gasteiger partial charge in [-0.15, -0.1) is 0 Å². The number of hydrogen-bond donors (Lipinski definition) is 0. The Morgan fingerprint density at radius 3 is 1.24 bits per heavy atom. The van der Waals surface area contributed by atoms with Crippen LogP contribution in [-0.4, -0.2) is 46.4 Å². The van der Waals surface area contributed by atoms with Gasteiger partial charge in [0.15, 0.2) is 0 Å². The number of unbranched alkanes of at least 4 members (excludes halogenated alkanes) is 6. The molecule has 0 saturated heterocycles. The average Bonchev–Trinajstić information content (AvgIpc) is 2.75. The van der Waals surface area contributed by atoms with Crippen LogP contribution in [0.3, 0.4) is 0 Å². The first-order valence-corrected chi connectivity index (χ1v) is 14.2. The zero-order valence-corrected chi connectivity index (χ0v) is 21.0. The molecule has 10 heteroatoms. The van der Waals surface area contributed by atoms with Crippen LogP contribution in [0.15, 0.2) is 48.5 Å². The molecule has 2 rings (SSSR count). The summed E-state index contributed by atoms with van der Waals surface area (Å²) in [7, 11) is -9.78. The molecule has 0 aromatic heterocycles. The van der Waals surface area contributed by atoms with Gasteiger partial charge in [-0.1, -0.05) is 80.3 Å². The van der Waals surface area contributed by atoms with Crippen molar-refractivity contribution in [1.29, 1.82) is 0 Å². The molecule has 0 amide bonds. The molecule has 34 heavy (non-hydrogen) atoms. The van der Waals surface area contributed by atoms with Gasteiger partial charge in [0.25, 0.3) is 0 Å². The molecule has 0 heterocycles. The Balaban J connectivity index is 0.00000578. The van der Waals surface area contributed by atoms with Gasteiger partial charge in [0, 0.05) is 0 Å². The molecule has 2 aromatic rings. The summed E-state index contributed by atoms with van der Waals surface area (Å²) in [6.07, 6.45) is 10.8. The van der Waals surface area contributed by atoms with Crippen LogP contribution >= 0.6 is 0 Å². The van der Waals surface area contributed by atoms with Crippen molar-refractivity contribution in [2.75, 3.05) is 0 Å². The molecule has 0 N–H and O–H groups in total. The number of aryl methyl sites for hydroxylation is 2. The van der Waals surface area contributed by atoms with E-state index in [1.54, 1.807) is 24.3 Å². The summed E-state index contributed by atoms with van der Waals surface area (Å²) in [6, 6.07) is 12.8. The zero-order valence-electron chi connectivity index (χ0n) is 19.4. The molecule has 0 fully saturated rings. The SMILES string of the molecule is CCCCCCc1ccc(OS(=O)(=O)OS(=O)(=O)Oc2ccc(CCCCCC)cc2)cc1.[NaH]. The van der Waals surface area contributed by atoms with Crippen LogP contribution in [0.25, 0.3) is 0 Å². The van der Waals surface area contributed by atoms with E-state index in [2.05, 4.69) is 17.5 Å². The van der Waals surface area contributed by atoms with Crippen LogP contribution in [0.5, 0.6) is 11.5 Å². The van der Waals surface area contributed by atoms with E-state index in [0.717, 1.165) is 62.5 Å². The second kappa shape index (κ2) is 15.8. The van der Waals surface area contributed by atoms with Crippen molar-refractivity contribution in [2.24, 2.45) is 0 Å². The monoisotopic (exact) mass is 522 g/mol. The Morgan fingerprint density at radius 1 is 0.559 bits per heavy atom. The summed E-state index contributed by atoms with van der Waals surface area (Å²) >= 11 is 0. The summed E-state index contributed by atoms with van der Waals surface area (Å²) < 4.78 is 61.9. The van der Waals surface area contributed by atoms with Gasteiger partial charge in [-0.05, 0) is 61.1 Å². The summed E-state index contributed by atoms with van der Waals surface area (Å²) in [5.74, 6) is -0.0927. The minimum absolute atomic E-state index is 0. The van der Waals surface area contributed by atoms with Crippen LogP contribution < -0.4 is 8.37 Å². The zero-order chi connectivity index (χ0) is 24.2. The average molecular weight is 523 g/mol. The number of hydrogen-bond acceptors (Lipinski definition) is 7. The Kier molecular flexibility index (Phi) is 14.4. The van der Waals surface area contributed by atoms with E-state index in [0.29, 0.717) is 0 Å². The van der Waals surface area contributed by atoms with E-state index >= 15 is 0 Å². The van der Waals surface area contributed by atoms with Gasteiger partial charge in [0.05, 0.1) is 0 Å². The molecule has 0 aliphatic rings. The van der Waals surface area contributed by atoms with E-state index in [9.17, 15) is 16.8 Å².